The summed E-state index contributed by atoms with van der Waals surface area (Å²) in [5.41, 5.74) is 11.5. The van der Waals surface area contributed by atoms with Crippen LogP contribution in [0.2, 0.25) is 0 Å². The number of nitrogens with two attached hydrogens (primary N) is 2. The van der Waals surface area contributed by atoms with Gasteiger partial charge in [0.15, 0.2) is 0 Å². The number of hydrogen-bond acceptors (Lipinski definition) is 5. The van der Waals surface area contributed by atoms with Gasteiger partial charge in [-0.15, -0.1) is 0 Å². The predicted octanol–water partition coefficient (Wildman–Crippen LogP) is -1.25. The molecule has 0 fully saturated rings. The maximum atomic E-state index is 6.05. The SMILES string of the molecule is CNC(CCCN)CC(N)(NC)NC. The number of rotatable bonds is 8. The molecule has 0 saturated heterocycles. The smallest absolute Gasteiger partial charge is 0.121 e. The first kappa shape index (κ1) is 13.8. The molecular formula is C9H25N5. The van der Waals surface area contributed by atoms with Crippen molar-refractivity contribution in [1.29, 1.82) is 0 Å². The molecule has 7 N–H and O–H groups in total. The van der Waals surface area contributed by atoms with Crippen molar-refractivity contribution < 1.29 is 0 Å². The quantitative estimate of drug-likeness (QED) is 0.318. The first-order chi connectivity index (χ1) is 6.61. The molecule has 0 rings (SSSR count). The zero-order valence-electron chi connectivity index (χ0n) is 9.56. The average Bonchev–Trinajstić information content (AvgIpc) is 2.23. The molecule has 1 atom stereocenters. The standard InChI is InChI=1S/C9H25N5/c1-12-8(5-4-6-10)7-9(11,13-2)14-3/h8,12-14H,4-7,10-11H2,1-3H3. The Morgan fingerprint density at radius 2 is 1.79 bits per heavy atom. The van der Waals surface area contributed by atoms with Gasteiger partial charge in [-0.1, -0.05) is 0 Å². The Morgan fingerprint density at radius 3 is 2.14 bits per heavy atom. The molecule has 0 spiro atoms. The van der Waals surface area contributed by atoms with E-state index in [1.165, 1.54) is 0 Å². The summed E-state index contributed by atoms with van der Waals surface area (Å²) < 4.78 is 0. The van der Waals surface area contributed by atoms with E-state index in [0.717, 1.165) is 25.8 Å². The third kappa shape index (κ3) is 4.88. The van der Waals surface area contributed by atoms with Crippen molar-refractivity contribution in [2.24, 2.45) is 11.5 Å². The molecule has 0 radical (unpaired) electrons. The van der Waals surface area contributed by atoms with Gasteiger partial charge in [0, 0.05) is 12.5 Å². The minimum atomic E-state index is -0.498. The van der Waals surface area contributed by atoms with Crippen molar-refractivity contribution in [2.75, 3.05) is 27.7 Å². The Balaban J connectivity index is 4.00. The molecule has 0 bridgehead atoms. The van der Waals surface area contributed by atoms with E-state index in [9.17, 15) is 0 Å². The Kier molecular flexibility index (Phi) is 7.04. The maximum absolute atomic E-state index is 6.05. The Bertz CT molecular complexity index is 135. The van der Waals surface area contributed by atoms with Gasteiger partial charge in [-0.05, 0) is 40.5 Å². The van der Waals surface area contributed by atoms with Gasteiger partial charge in [0.05, 0.1) is 0 Å². The van der Waals surface area contributed by atoms with Gasteiger partial charge in [0.1, 0.15) is 5.79 Å². The van der Waals surface area contributed by atoms with Gasteiger partial charge in [-0.25, -0.2) is 0 Å². The molecule has 0 aromatic heterocycles. The fraction of sp³-hybridized carbons (Fsp3) is 1.00. The van der Waals surface area contributed by atoms with Crippen LogP contribution in [-0.4, -0.2) is 39.5 Å². The summed E-state index contributed by atoms with van der Waals surface area (Å²) >= 11 is 0. The van der Waals surface area contributed by atoms with Gasteiger partial charge in [0.2, 0.25) is 0 Å². The van der Waals surface area contributed by atoms with Crippen molar-refractivity contribution in [2.45, 2.75) is 31.1 Å². The highest BCUT2D eigenvalue weighted by molar-refractivity contribution is 4.81. The van der Waals surface area contributed by atoms with Gasteiger partial charge >= 0.3 is 0 Å². The minimum Gasteiger partial charge on any atom is -0.330 e. The average molecular weight is 203 g/mol. The highest BCUT2D eigenvalue weighted by Gasteiger charge is 2.23. The van der Waals surface area contributed by atoms with Crippen LogP contribution in [0.5, 0.6) is 0 Å². The van der Waals surface area contributed by atoms with E-state index in [1.807, 2.05) is 21.1 Å². The Morgan fingerprint density at radius 1 is 1.21 bits per heavy atom. The van der Waals surface area contributed by atoms with Crippen LogP contribution in [0.15, 0.2) is 0 Å². The molecule has 5 nitrogen and oxygen atoms in total. The minimum absolute atomic E-state index is 0.392. The molecule has 0 amide bonds. The Hall–Kier alpha value is -0.200. The summed E-state index contributed by atoms with van der Waals surface area (Å²) in [5, 5.41) is 9.38. The zero-order chi connectivity index (χ0) is 11.0. The molecule has 0 aromatic rings. The molecule has 0 aliphatic rings. The molecule has 0 saturated carbocycles. The topological polar surface area (TPSA) is 88.1 Å². The van der Waals surface area contributed by atoms with E-state index in [1.54, 1.807) is 0 Å². The Labute approximate surface area is 87.0 Å². The predicted molar refractivity (Wildman–Crippen MR) is 60.8 cm³/mol. The van der Waals surface area contributed by atoms with Crippen LogP contribution in [0.1, 0.15) is 19.3 Å². The van der Waals surface area contributed by atoms with Crippen molar-refractivity contribution in [3.8, 4) is 0 Å². The highest BCUT2D eigenvalue weighted by atomic mass is 15.3. The van der Waals surface area contributed by atoms with Gasteiger partial charge < -0.3 is 16.8 Å². The van der Waals surface area contributed by atoms with Gasteiger partial charge in [-0.2, -0.15) is 0 Å². The lowest BCUT2D eigenvalue weighted by atomic mass is 10.0. The lowest BCUT2D eigenvalue weighted by molar-refractivity contribution is 0.245. The third-order valence-electron chi connectivity index (χ3n) is 2.63. The van der Waals surface area contributed by atoms with Crippen molar-refractivity contribution in [3.63, 3.8) is 0 Å². The van der Waals surface area contributed by atoms with E-state index in [-0.39, 0.29) is 0 Å². The number of hydrogen-bond donors (Lipinski definition) is 5. The normalized spacial score (nSPS) is 14.4. The molecule has 86 valence electrons. The second-order valence-corrected chi connectivity index (χ2v) is 3.59. The molecular weight excluding hydrogens is 178 g/mol. The molecule has 5 heteroatoms. The summed E-state index contributed by atoms with van der Waals surface area (Å²) in [7, 11) is 5.66. The van der Waals surface area contributed by atoms with Crippen LogP contribution < -0.4 is 27.4 Å². The van der Waals surface area contributed by atoms with Gasteiger partial charge in [-0.3, -0.25) is 10.6 Å². The fourth-order valence-electron chi connectivity index (χ4n) is 1.43. The van der Waals surface area contributed by atoms with Crippen molar-refractivity contribution >= 4 is 0 Å². The molecule has 1 unspecified atom stereocenters. The second-order valence-electron chi connectivity index (χ2n) is 3.59. The van der Waals surface area contributed by atoms with Crippen LogP contribution in [0, 0.1) is 0 Å². The summed E-state index contributed by atoms with van der Waals surface area (Å²) in [6.45, 7) is 0.731. The van der Waals surface area contributed by atoms with Crippen LogP contribution in [-0.2, 0) is 0 Å². The van der Waals surface area contributed by atoms with E-state index in [2.05, 4.69) is 16.0 Å². The molecule has 0 aliphatic carbocycles. The summed E-state index contributed by atoms with van der Waals surface area (Å²) in [6.07, 6.45) is 2.90. The summed E-state index contributed by atoms with van der Waals surface area (Å²) in [4.78, 5) is 0. The van der Waals surface area contributed by atoms with Crippen LogP contribution in [0.25, 0.3) is 0 Å². The van der Waals surface area contributed by atoms with Crippen molar-refractivity contribution in [3.05, 3.63) is 0 Å². The first-order valence-corrected chi connectivity index (χ1v) is 5.16. The fourth-order valence-corrected chi connectivity index (χ4v) is 1.43. The van der Waals surface area contributed by atoms with Crippen LogP contribution >= 0.6 is 0 Å². The second kappa shape index (κ2) is 7.14. The van der Waals surface area contributed by atoms with Crippen molar-refractivity contribution in [1.82, 2.24) is 16.0 Å². The third-order valence-corrected chi connectivity index (χ3v) is 2.63. The molecule has 0 aliphatic heterocycles. The molecule has 0 aromatic carbocycles. The highest BCUT2D eigenvalue weighted by Crippen LogP contribution is 2.07. The summed E-state index contributed by atoms with van der Waals surface area (Å²) in [5.74, 6) is -0.498. The first-order valence-electron chi connectivity index (χ1n) is 5.16. The molecule has 0 heterocycles. The van der Waals surface area contributed by atoms with Crippen LogP contribution in [0.4, 0.5) is 0 Å². The lowest BCUT2D eigenvalue weighted by Crippen LogP contribution is -2.63. The van der Waals surface area contributed by atoms with E-state index in [4.69, 9.17) is 11.5 Å². The maximum Gasteiger partial charge on any atom is 0.121 e. The lowest BCUT2D eigenvalue weighted by Gasteiger charge is -2.32. The van der Waals surface area contributed by atoms with E-state index < -0.39 is 5.79 Å². The summed E-state index contributed by atoms with van der Waals surface area (Å²) in [6, 6.07) is 0.392. The van der Waals surface area contributed by atoms with Gasteiger partial charge in [0.25, 0.3) is 0 Å². The zero-order valence-corrected chi connectivity index (χ0v) is 9.56. The van der Waals surface area contributed by atoms with E-state index in [0.29, 0.717) is 6.04 Å². The largest absolute Gasteiger partial charge is 0.330 e. The number of nitrogens with one attached hydrogen (secondary N) is 3. The monoisotopic (exact) mass is 203 g/mol. The van der Waals surface area contributed by atoms with Crippen LogP contribution in [0.3, 0.4) is 0 Å². The molecule has 14 heavy (non-hydrogen) atoms. The van der Waals surface area contributed by atoms with E-state index >= 15 is 0 Å².